The number of methoxy groups -OCH3 is 1. The topological polar surface area (TPSA) is 29.5 Å². The molecule has 2 heteroatoms. The Hall–Kier alpha value is -1.80. The van der Waals surface area contributed by atoms with E-state index in [1.165, 1.54) is 5.56 Å². The minimum atomic E-state index is -0.443. The zero-order chi connectivity index (χ0) is 13.2. The summed E-state index contributed by atoms with van der Waals surface area (Å²) >= 11 is 0. The molecule has 1 aliphatic rings. The van der Waals surface area contributed by atoms with Crippen LogP contribution >= 0.6 is 0 Å². The normalized spacial score (nSPS) is 22.8. The van der Waals surface area contributed by atoms with Gasteiger partial charge < -0.3 is 9.84 Å². The highest BCUT2D eigenvalue weighted by molar-refractivity contribution is 5.38. The van der Waals surface area contributed by atoms with Gasteiger partial charge in [-0.2, -0.15) is 0 Å². The molecule has 1 aliphatic carbocycles. The van der Waals surface area contributed by atoms with E-state index in [2.05, 4.69) is 24.3 Å². The third kappa shape index (κ3) is 2.36. The number of ether oxygens (including phenoxy) is 1. The number of para-hydroxylation sites is 1. The van der Waals surface area contributed by atoms with Gasteiger partial charge in [0.05, 0.1) is 13.2 Å². The van der Waals surface area contributed by atoms with Crippen LogP contribution in [0.3, 0.4) is 0 Å². The fourth-order valence-corrected chi connectivity index (χ4v) is 2.79. The highest BCUT2D eigenvalue weighted by atomic mass is 16.5. The molecule has 1 saturated carbocycles. The SMILES string of the molecule is COc1ccccc1C(O)C1CC1c1ccccc1. The number of aliphatic hydroxyl groups excluding tert-OH is 1. The Morgan fingerprint density at radius 3 is 2.47 bits per heavy atom. The third-order valence-electron chi connectivity index (χ3n) is 3.93. The molecule has 0 radical (unpaired) electrons. The molecule has 3 atom stereocenters. The first-order valence-electron chi connectivity index (χ1n) is 6.67. The van der Waals surface area contributed by atoms with Crippen LogP contribution in [0.1, 0.15) is 29.6 Å². The van der Waals surface area contributed by atoms with Crippen LogP contribution < -0.4 is 4.74 Å². The van der Waals surface area contributed by atoms with Crippen molar-refractivity contribution in [3.05, 3.63) is 65.7 Å². The van der Waals surface area contributed by atoms with Crippen LogP contribution in [0.25, 0.3) is 0 Å². The molecule has 0 amide bonds. The van der Waals surface area contributed by atoms with Gasteiger partial charge in [-0.3, -0.25) is 0 Å². The van der Waals surface area contributed by atoms with Gasteiger partial charge in [0.15, 0.2) is 0 Å². The second kappa shape index (κ2) is 5.06. The lowest BCUT2D eigenvalue weighted by molar-refractivity contribution is 0.147. The molecule has 0 aliphatic heterocycles. The Kier molecular flexibility index (Phi) is 3.26. The van der Waals surface area contributed by atoms with Gasteiger partial charge in [-0.15, -0.1) is 0 Å². The van der Waals surface area contributed by atoms with Crippen LogP contribution in [0, 0.1) is 5.92 Å². The summed E-state index contributed by atoms with van der Waals surface area (Å²) in [5.74, 6) is 1.55. The number of benzene rings is 2. The minimum Gasteiger partial charge on any atom is -0.496 e. The van der Waals surface area contributed by atoms with Crippen molar-refractivity contribution in [2.75, 3.05) is 7.11 Å². The first kappa shape index (κ1) is 12.2. The van der Waals surface area contributed by atoms with Crippen molar-refractivity contribution in [2.45, 2.75) is 18.4 Å². The van der Waals surface area contributed by atoms with E-state index in [1.54, 1.807) is 7.11 Å². The molecule has 1 fully saturated rings. The molecule has 0 spiro atoms. The van der Waals surface area contributed by atoms with Crippen molar-refractivity contribution in [3.63, 3.8) is 0 Å². The predicted molar refractivity (Wildman–Crippen MR) is 75.2 cm³/mol. The number of aliphatic hydroxyl groups is 1. The van der Waals surface area contributed by atoms with E-state index in [0.717, 1.165) is 17.7 Å². The summed E-state index contributed by atoms with van der Waals surface area (Å²) in [7, 11) is 1.65. The number of hydrogen-bond donors (Lipinski definition) is 1. The monoisotopic (exact) mass is 254 g/mol. The average molecular weight is 254 g/mol. The maximum absolute atomic E-state index is 10.5. The Morgan fingerprint density at radius 1 is 1.05 bits per heavy atom. The molecule has 2 nitrogen and oxygen atoms in total. The predicted octanol–water partition coefficient (Wildman–Crippen LogP) is 3.53. The summed E-state index contributed by atoms with van der Waals surface area (Å²) in [6.07, 6.45) is 0.602. The van der Waals surface area contributed by atoms with E-state index in [4.69, 9.17) is 4.74 Å². The molecule has 3 rings (SSSR count). The molecule has 2 aromatic carbocycles. The Balaban J connectivity index is 1.78. The van der Waals surface area contributed by atoms with Gasteiger partial charge in [0.25, 0.3) is 0 Å². The van der Waals surface area contributed by atoms with Gasteiger partial charge >= 0.3 is 0 Å². The zero-order valence-electron chi connectivity index (χ0n) is 11.0. The van der Waals surface area contributed by atoms with E-state index in [1.807, 2.05) is 30.3 Å². The van der Waals surface area contributed by atoms with Gasteiger partial charge in [0.1, 0.15) is 5.75 Å². The fraction of sp³-hybridized carbons (Fsp3) is 0.294. The van der Waals surface area contributed by atoms with Crippen LogP contribution in [0.15, 0.2) is 54.6 Å². The van der Waals surface area contributed by atoms with Gasteiger partial charge in [-0.1, -0.05) is 48.5 Å². The van der Waals surface area contributed by atoms with Crippen molar-refractivity contribution in [2.24, 2.45) is 5.92 Å². The summed E-state index contributed by atoms with van der Waals surface area (Å²) in [6.45, 7) is 0. The summed E-state index contributed by atoms with van der Waals surface area (Å²) in [5, 5.41) is 10.5. The standard InChI is InChI=1S/C17H18O2/c1-19-16-10-6-5-9-13(16)17(18)15-11-14(15)12-7-3-2-4-8-12/h2-10,14-15,17-18H,11H2,1H3. The van der Waals surface area contributed by atoms with Crippen LogP contribution in [0.5, 0.6) is 5.75 Å². The fourth-order valence-electron chi connectivity index (χ4n) is 2.79. The Bertz CT molecular complexity index is 550. The molecule has 98 valence electrons. The largest absolute Gasteiger partial charge is 0.496 e. The second-order valence-corrected chi connectivity index (χ2v) is 5.10. The van der Waals surface area contributed by atoms with Crippen LogP contribution in [-0.2, 0) is 0 Å². The van der Waals surface area contributed by atoms with Gasteiger partial charge in [-0.25, -0.2) is 0 Å². The molecule has 0 bridgehead atoms. The molecule has 0 heterocycles. The lowest BCUT2D eigenvalue weighted by Gasteiger charge is -2.14. The quantitative estimate of drug-likeness (QED) is 0.904. The molecule has 0 aromatic heterocycles. The molecular weight excluding hydrogens is 236 g/mol. The summed E-state index contributed by atoms with van der Waals surface area (Å²) in [5.41, 5.74) is 2.22. The smallest absolute Gasteiger partial charge is 0.124 e. The Morgan fingerprint density at radius 2 is 1.74 bits per heavy atom. The first-order valence-corrected chi connectivity index (χ1v) is 6.67. The third-order valence-corrected chi connectivity index (χ3v) is 3.93. The van der Waals surface area contributed by atoms with E-state index >= 15 is 0 Å². The molecule has 3 unspecified atom stereocenters. The van der Waals surface area contributed by atoms with Crippen LogP contribution in [0.4, 0.5) is 0 Å². The summed E-state index contributed by atoms with van der Waals surface area (Å²) < 4.78 is 5.33. The maximum Gasteiger partial charge on any atom is 0.124 e. The Labute approximate surface area is 113 Å². The van der Waals surface area contributed by atoms with Crippen molar-refractivity contribution >= 4 is 0 Å². The average Bonchev–Trinajstić information content (AvgIpc) is 3.28. The molecule has 1 N–H and O–H groups in total. The lowest BCUT2D eigenvalue weighted by Crippen LogP contribution is -2.03. The van der Waals surface area contributed by atoms with Gasteiger partial charge in [0.2, 0.25) is 0 Å². The van der Waals surface area contributed by atoms with Crippen LogP contribution in [-0.4, -0.2) is 12.2 Å². The summed E-state index contributed by atoms with van der Waals surface area (Å²) in [4.78, 5) is 0. The molecular formula is C17H18O2. The van der Waals surface area contributed by atoms with Crippen molar-refractivity contribution in [1.82, 2.24) is 0 Å². The van der Waals surface area contributed by atoms with Gasteiger partial charge in [0, 0.05) is 5.56 Å². The molecule has 0 saturated heterocycles. The minimum absolute atomic E-state index is 0.304. The van der Waals surface area contributed by atoms with E-state index in [-0.39, 0.29) is 0 Å². The highest BCUT2D eigenvalue weighted by Crippen LogP contribution is 2.54. The molecule has 19 heavy (non-hydrogen) atoms. The lowest BCUT2D eigenvalue weighted by atomic mass is 10.0. The van der Waals surface area contributed by atoms with E-state index in [9.17, 15) is 5.11 Å². The second-order valence-electron chi connectivity index (χ2n) is 5.10. The van der Waals surface area contributed by atoms with Gasteiger partial charge in [-0.05, 0) is 29.9 Å². The molecule has 2 aromatic rings. The highest BCUT2D eigenvalue weighted by Gasteiger charge is 2.44. The van der Waals surface area contributed by atoms with Crippen LogP contribution in [0.2, 0.25) is 0 Å². The number of rotatable bonds is 4. The van der Waals surface area contributed by atoms with E-state index < -0.39 is 6.10 Å². The summed E-state index contributed by atoms with van der Waals surface area (Å²) in [6, 6.07) is 18.1. The first-order chi connectivity index (χ1) is 9.31. The zero-order valence-corrected chi connectivity index (χ0v) is 11.0. The maximum atomic E-state index is 10.5. The van der Waals surface area contributed by atoms with E-state index in [0.29, 0.717) is 11.8 Å². The number of hydrogen-bond acceptors (Lipinski definition) is 2. The van der Waals surface area contributed by atoms with Crippen molar-refractivity contribution in [1.29, 1.82) is 0 Å². The van der Waals surface area contributed by atoms with Crippen molar-refractivity contribution < 1.29 is 9.84 Å². The van der Waals surface area contributed by atoms with Crippen molar-refractivity contribution in [3.8, 4) is 5.75 Å².